The van der Waals surface area contributed by atoms with Crippen LogP contribution in [-0.4, -0.2) is 29.4 Å². The van der Waals surface area contributed by atoms with Crippen molar-refractivity contribution in [2.75, 3.05) is 6.61 Å². The number of carbonyl (C=O) groups excluding carboxylic acids is 2. The van der Waals surface area contributed by atoms with Crippen LogP contribution in [0.4, 0.5) is 0 Å². The van der Waals surface area contributed by atoms with Crippen molar-refractivity contribution < 1.29 is 18.7 Å². The molecule has 1 aromatic carbocycles. The molecule has 3 aromatic rings. The van der Waals surface area contributed by atoms with Crippen LogP contribution in [0.2, 0.25) is 0 Å². The van der Waals surface area contributed by atoms with Crippen LogP contribution >= 0.6 is 11.3 Å². The van der Waals surface area contributed by atoms with E-state index in [1.807, 2.05) is 54.8 Å². The maximum Gasteiger partial charge on any atom is 0.247 e. The maximum atomic E-state index is 13.7. The second kappa shape index (κ2) is 11.2. The van der Waals surface area contributed by atoms with Crippen LogP contribution in [0, 0.1) is 0 Å². The highest BCUT2D eigenvalue weighted by Gasteiger charge is 2.35. The number of thiophene rings is 1. The zero-order valence-electron chi connectivity index (χ0n) is 18.9. The Bertz CT molecular complexity index is 1030. The van der Waals surface area contributed by atoms with E-state index in [2.05, 4.69) is 5.32 Å². The number of carbonyl (C=O) groups is 2. The Hall–Kier alpha value is -3.06. The van der Waals surface area contributed by atoms with Gasteiger partial charge in [-0.1, -0.05) is 37.1 Å². The number of hydrogen-bond acceptors (Lipinski definition) is 5. The molecule has 1 aliphatic carbocycles. The summed E-state index contributed by atoms with van der Waals surface area (Å²) in [6.45, 7) is 2.57. The van der Waals surface area contributed by atoms with E-state index in [-0.39, 0.29) is 30.8 Å². The number of hydrogen-bond donors (Lipinski definition) is 1. The molecule has 1 aliphatic rings. The largest absolute Gasteiger partial charge is 0.494 e. The van der Waals surface area contributed by atoms with E-state index in [0.717, 1.165) is 30.6 Å². The summed E-state index contributed by atoms with van der Waals surface area (Å²) in [5.74, 6) is 0.925. The molecule has 6 nitrogen and oxygen atoms in total. The Labute approximate surface area is 198 Å². The van der Waals surface area contributed by atoms with E-state index in [1.165, 1.54) is 11.3 Å². The molecule has 4 rings (SSSR count). The molecule has 0 saturated heterocycles. The Morgan fingerprint density at radius 2 is 1.97 bits per heavy atom. The van der Waals surface area contributed by atoms with Crippen LogP contribution in [0.5, 0.6) is 5.75 Å². The first-order chi connectivity index (χ1) is 16.2. The van der Waals surface area contributed by atoms with Gasteiger partial charge in [0.2, 0.25) is 11.8 Å². The molecule has 1 N–H and O–H groups in total. The topological polar surface area (TPSA) is 71.8 Å². The Balaban J connectivity index is 1.72. The fraction of sp³-hybridized carbons (Fsp3) is 0.385. The third-order valence-corrected chi connectivity index (χ3v) is 6.78. The quantitative estimate of drug-likeness (QED) is 0.451. The zero-order valence-corrected chi connectivity index (χ0v) is 19.7. The zero-order chi connectivity index (χ0) is 23.0. The van der Waals surface area contributed by atoms with E-state index in [4.69, 9.17) is 9.15 Å². The fourth-order valence-corrected chi connectivity index (χ4v) is 5.05. The smallest absolute Gasteiger partial charge is 0.247 e. The van der Waals surface area contributed by atoms with Gasteiger partial charge >= 0.3 is 0 Å². The highest BCUT2D eigenvalue weighted by atomic mass is 32.1. The minimum absolute atomic E-state index is 0.133. The van der Waals surface area contributed by atoms with Gasteiger partial charge in [-0.05, 0) is 49.4 Å². The lowest BCUT2D eigenvalue weighted by Crippen LogP contribution is -2.46. The van der Waals surface area contributed by atoms with E-state index in [0.29, 0.717) is 23.7 Å². The Morgan fingerprint density at radius 1 is 1.15 bits per heavy atom. The fourth-order valence-electron chi connectivity index (χ4n) is 4.35. The van der Waals surface area contributed by atoms with Gasteiger partial charge in [-0.3, -0.25) is 9.59 Å². The normalized spacial score (nSPS) is 14.7. The first kappa shape index (κ1) is 23.1. The van der Waals surface area contributed by atoms with Crippen molar-refractivity contribution in [1.29, 1.82) is 0 Å². The van der Waals surface area contributed by atoms with Gasteiger partial charge in [0.15, 0.2) is 0 Å². The van der Waals surface area contributed by atoms with Gasteiger partial charge in [-0.2, -0.15) is 0 Å². The number of rotatable bonds is 10. The monoisotopic (exact) mass is 466 g/mol. The lowest BCUT2D eigenvalue weighted by atomic mass is 10.0. The molecule has 0 aliphatic heterocycles. The van der Waals surface area contributed by atoms with Crippen LogP contribution in [0.1, 0.15) is 54.8 Å². The highest BCUT2D eigenvalue weighted by Crippen LogP contribution is 2.33. The number of furan rings is 1. The van der Waals surface area contributed by atoms with Gasteiger partial charge in [0.25, 0.3) is 0 Å². The lowest BCUT2D eigenvalue weighted by Gasteiger charge is -2.32. The van der Waals surface area contributed by atoms with E-state index >= 15 is 0 Å². The van der Waals surface area contributed by atoms with Crippen LogP contribution in [0.15, 0.2) is 64.6 Å². The van der Waals surface area contributed by atoms with Crippen molar-refractivity contribution in [1.82, 2.24) is 10.2 Å². The number of nitrogens with one attached hydrogen (secondary N) is 1. The summed E-state index contributed by atoms with van der Waals surface area (Å²) in [6.07, 6.45) is 5.96. The Morgan fingerprint density at radius 3 is 2.67 bits per heavy atom. The molecule has 0 spiro atoms. The molecule has 1 saturated carbocycles. The molecule has 1 fully saturated rings. The molecule has 7 heteroatoms. The van der Waals surface area contributed by atoms with Crippen LogP contribution in [-0.2, 0) is 22.6 Å². The van der Waals surface area contributed by atoms with Crippen LogP contribution in [0.3, 0.4) is 0 Å². The molecular weight excluding hydrogens is 436 g/mol. The molecule has 0 unspecified atom stereocenters. The van der Waals surface area contributed by atoms with Gasteiger partial charge < -0.3 is 19.4 Å². The third kappa shape index (κ3) is 5.85. The van der Waals surface area contributed by atoms with Gasteiger partial charge in [0, 0.05) is 16.5 Å². The molecule has 174 valence electrons. The van der Waals surface area contributed by atoms with Crippen molar-refractivity contribution >= 4 is 23.2 Å². The number of benzene rings is 1. The van der Waals surface area contributed by atoms with Crippen molar-refractivity contribution in [3.8, 4) is 5.75 Å². The summed E-state index contributed by atoms with van der Waals surface area (Å²) in [7, 11) is 0. The van der Waals surface area contributed by atoms with Crippen molar-refractivity contribution in [3.63, 3.8) is 0 Å². The summed E-state index contributed by atoms with van der Waals surface area (Å²) in [4.78, 5) is 30.0. The molecular formula is C26H30N2O4S. The van der Waals surface area contributed by atoms with Gasteiger partial charge in [-0.15, -0.1) is 11.3 Å². The van der Waals surface area contributed by atoms with E-state index in [1.54, 1.807) is 17.2 Å². The van der Waals surface area contributed by atoms with Gasteiger partial charge in [0.1, 0.15) is 17.6 Å². The molecule has 0 bridgehead atoms. The average Bonchev–Trinajstić information content (AvgIpc) is 3.59. The third-order valence-electron chi connectivity index (χ3n) is 5.91. The minimum Gasteiger partial charge on any atom is -0.494 e. The summed E-state index contributed by atoms with van der Waals surface area (Å²) >= 11 is 1.53. The maximum absolute atomic E-state index is 13.7. The summed E-state index contributed by atoms with van der Waals surface area (Å²) < 4.78 is 11.4. The number of ether oxygens (including phenoxy) is 1. The molecule has 2 aromatic heterocycles. The molecule has 2 amide bonds. The molecule has 1 atom stereocenters. The van der Waals surface area contributed by atoms with Crippen molar-refractivity contribution in [2.45, 2.75) is 57.7 Å². The first-order valence-corrected chi connectivity index (χ1v) is 12.4. The van der Waals surface area contributed by atoms with Crippen molar-refractivity contribution in [3.05, 3.63) is 76.4 Å². The standard InChI is InChI=1S/C26H30N2O4S/c1-2-31-23-14-6-5-13-22(23)25(26(30)27-19-9-3-4-10-19)28(18-20-11-7-15-32-20)24(29)17-21-12-8-16-33-21/h5-8,11-16,19,25H,2-4,9-10,17-18H2,1H3,(H,27,30)/t25-/m0/s1. The summed E-state index contributed by atoms with van der Waals surface area (Å²) in [5, 5.41) is 5.16. The minimum atomic E-state index is -0.828. The summed E-state index contributed by atoms with van der Waals surface area (Å²) in [5.41, 5.74) is 0.681. The van der Waals surface area contributed by atoms with Crippen LogP contribution < -0.4 is 10.1 Å². The predicted molar refractivity (Wildman–Crippen MR) is 128 cm³/mol. The number of para-hydroxylation sites is 1. The molecule has 33 heavy (non-hydrogen) atoms. The number of amides is 2. The second-order valence-electron chi connectivity index (χ2n) is 8.22. The molecule has 2 heterocycles. The predicted octanol–water partition coefficient (Wildman–Crippen LogP) is 5.11. The summed E-state index contributed by atoms with van der Waals surface area (Å²) in [6, 6.07) is 14.3. The first-order valence-electron chi connectivity index (χ1n) is 11.5. The Kier molecular flexibility index (Phi) is 7.83. The van der Waals surface area contributed by atoms with Crippen molar-refractivity contribution in [2.24, 2.45) is 0 Å². The SMILES string of the molecule is CCOc1ccccc1[C@@H](C(=O)NC1CCCC1)N(Cc1ccco1)C(=O)Cc1cccs1. The van der Waals surface area contributed by atoms with Gasteiger partial charge in [0.05, 0.1) is 25.8 Å². The second-order valence-corrected chi connectivity index (χ2v) is 9.25. The highest BCUT2D eigenvalue weighted by molar-refractivity contribution is 7.10. The lowest BCUT2D eigenvalue weighted by molar-refractivity contribution is -0.141. The van der Waals surface area contributed by atoms with E-state index in [9.17, 15) is 9.59 Å². The van der Waals surface area contributed by atoms with Crippen LogP contribution in [0.25, 0.3) is 0 Å². The number of nitrogens with zero attached hydrogens (tertiary/aromatic N) is 1. The van der Waals surface area contributed by atoms with E-state index < -0.39 is 6.04 Å². The average molecular weight is 467 g/mol. The molecule has 0 radical (unpaired) electrons. The van der Waals surface area contributed by atoms with Gasteiger partial charge in [-0.25, -0.2) is 0 Å².